The maximum atomic E-state index is 12.4. The zero-order chi connectivity index (χ0) is 17.0. The summed E-state index contributed by atoms with van der Waals surface area (Å²) >= 11 is 0. The molecule has 0 atom stereocenters. The monoisotopic (exact) mass is 341 g/mol. The fourth-order valence-corrected chi connectivity index (χ4v) is 2.52. The van der Waals surface area contributed by atoms with Gasteiger partial charge in [0.2, 0.25) is 9.84 Å². The molecule has 0 fully saturated rings. The van der Waals surface area contributed by atoms with Crippen LogP contribution in [0.3, 0.4) is 0 Å². The highest BCUT2D eigenvalue weighted by molar-refractivity contribution is 7.91. The number of methoxy groups -OCH3 is 1. The van der Waals surface area contributed by atoms with Crippen molar-refractivity contribution in [1.29, 1.82) is 0 Å². The number of hydrogen-bond donors (Lipinski definition) is 1. The lowest BCUT2D eigenvalue weighted by atomic mass is 10.2. The van der Waals surface area contributed by atoms with E-state index in [-0.39, 0.29) is 5.56 Å². The fraction of sp³-hybridized carbons (Fsp3) is 0.133. The third-order valence-electron chi connectivity index (χ3n) is 3.01. The molecule has 0 aliphatic heterocycles. The van der Waals surface area contributed by atoms with Crippen LogP contribution in [0.4, 0.5) is 14.5 Å². The molecule has 0 bridgehead atoms. The summed E-state index contributed by atoms with van der Waals surface area (Å²) in [6.45, 7) is 0. The molecule has 0 saturated carbocycles. The Balaban J connectivity index is 2.17. The predicted octanol–water partition coefficient (Wildman–Crippen LogP) is 2.94. The second-order valence-electron chi connectivity index (χ2n) is 4.52. The Bertz CT molecular complexity index is 804. The van der Waals surface area contributed by atoms with Gasteiger partial charge in [-0.2, -0.15) is 8.78 Å². The molecule has 0 aliphatic carbocycles. The van der Waals surface area contributed by atoms with Gasteiger partial charge >= 0.3 is 5.76 Å². The molecule has 8 heteroatoms. The molecule has 2 rings (SSSR count). The smallest absolute Gasteiger partial charge is 0.341 e. The standard InChI is InChI=1S/C15H13F2NO4S/c1-22-12-4-2-3-11(9-12)18-14(19)10-5-7-13(8-6-10)23(20,21)15(16)17/h2-9,15H,1H3,(H,18,19). The summed E-state index contributed by atoms with van der Waals surface area (Å²) in [5.74, 6) is -3.45. The van der Waals surface area contributed by atoms with Gasteiger partial charge < -0.3 is 10.1 Å². The van der Waals surface area contributed by atoms with Gasteiger partial charge in [0.05, 0.1) is 12.0 Å². The van der Waals surface area contributed by atoms with Gasteiger partial charge in [-0.05, 0) is 36.4 Å². The summed E-state index contributed by atoms with van der Waals surface area (Å²) in [4.78, 5) is 11.5. The van der Waals surface area contributed by atoms with Gasteiger partial charge in [0.15, 0.2) is 0 Å². The lowest BCUT2D eigenvalue weighted by Gasteiger charge is -2.08. The van der Waals surface area contributed by atoms with Crippen LogP contribution in [-0.4, -0.2) is 27.2 Å². The van der Waals surface area contributed by atoms with Gasteiger partial charge in [0, 0.05) is 17.3 Å². The quantitative estimate of drug-likeness (QED) is 0.907. The number of alkyl halides is 2. The normalized spacial score (nSPS) is 11.3. The number of rotatable bonds is 5. The topological polar surface area (TPSA) is 72.5 Å². The third kappa shape index (κ3) is 3.84. The Morgan fingerprint density at radius 2 is 1.78 bits per heavy atom. The first-order valence-electron chi connectivity index (χ1n) is 6.42. The predicted molar refractivity (Wildman–Crippen MR) is 80.6 cm³/mol. The number of nitrogens with one attached hydrogen (secondary N) is 1. The summed E-state index contributed by atoms with van der Waals surface area (Å²) in [6, 6.07) is 10.9. The number of anilines is 1. The van der Waals surface area contributed by atoms with Crippen molar-refractivity contribution < 1.29 is 26.7 Å². The summed E-state index contributed by atoms with van der Waals surface area (Å²) in [5, 5.41) is 2.60. The zero-order valence-electron chi connectivity index (χ0n) is 12.0. The van der Waals surface area contributed by atoms with Crippen LogP contribution in [0, 0.1) is 0 Å². The molecule has 122 valence electrons. The van der Waals surface area contributed by atoms with E-state index in [1.54, 1.807) is 24.3 Å². The van der Waals surface area contributed by atoms with E-state index in [0.717, 1.165) is 12.1 Å². The van der Waals surface area contributed by atoms with Crippen molar-refractivity contribution in [2.45, 2.75) is 10.7 Å². The number of benzene rings is 2. The maximum absolute atomic E-state index is 12.4. The van der Waals surface area contributed by atoms with Gasteiger partial charge in [0.25, 0.3) is 5.91 Å². The van der Waals surface area contributed by atoms with E-state index in [2.05, 4.69) is 5.32 Å². The van der Waals surface area contributed by atoms with Crippen molar-refractivity contribution in [3.8, 4) is 5.75 Å². The van der Waals surface area contributed by atoms with Crippen molar-refractivity contribution in [2.24, 2.45) is 0 Å². The highest BCUT2D eigenvalue weighted by Gasteiger charge is 2.26. The molecule has 1 N–H and O–H groups in total. The Morgan fingerprint density at radius 3 is 2.35 bits per heavy atom. The van der Waals surface area contributed by atoms with E-state index in [1.165, 1.54) is 19.2 Å². The fourth-order valence-electron chi connectivity index (χ4n) is 1.80. The van der Waals surface area contributed by atoms with Crippen LogP contribution in [0.25, 0.3) is 0 Å². The maximum Gasteiger partial charge on any atom is 0.341 e. The second kappa shape index (κ2) is 6.74. The summed E-state index contributed by atoms with van der Waals surface area (Å²) < 4.78 is 52.5. The van der Waals surface area contributed by atoms with Gasteiger partial charge in [-0.15, -0.1) is 0 Å². The number of carbonyl (C=O) groups excluding carboxylic acids is 1. The van der Waals surface area contributed by atoms with Crippen LogP contribution >= 0.6 is 0 Å². The van der Waals surface area contributed by atoms with Gasteiger partial charge in [-0.3, -0.25) is 4.79 Å². The van der Waals surface area contributed by atoms with E-state index in [1.807, 2.05) is 0 Å². The van der Waals surface area contributed by atoms with Crippen LogP contribution in [0.1, 0.15) is 10.4 Å². The minimum atomic E-state index is -4.67. The Labute approximate surface area is 131 Å². The van der Waals surface area contributed by atoms with E-state index < -0.39 is 26.4 Å². The molecular weight excluding hydrogens is 328 g/mol. The first-order chi connectivity index (χ1) is 10.8. The number of hydrogen-bond acceptors (Lipinski definition) is 4. The molecule has 0 heterocycles. The Hall–Kier alpha value is -2.48. The van der Waals surface area contributed by atoms with Gasteiger partial charge in [-0.1, -0.05) is 6.07 Å². The molecule has 0 spiro atoms. The van der Waals surface area contributed by atoms with Crippen LogP contribution in [0.15, 0.2) is 53.4 Å². The number of sulfone groups is 1. The van der Waals surface area contributed by atoms with Crippen molar-refractivity contribution in [3.63, 3.8) is 0 Å². The highest BCUT2D eigenvalue weighted by atomic mass is 32.2. The van der Waals surface area contributed by atoms with E-state index >= 15 is 0 Å². The minimum absolute atomic E-state index is 0.140. The van der Waals surface area contributed by atoms with E-state index in [4.69, 9.17) is 4.74 Å². The van der Waals surface area contributed by atoms with Crippen LogP contribution in [-0.2, 0) is 9.84 Å². The molecule has 2 aromatic rings. The number of carbonyl (C=O) groups is 1. The lowest BCUT2D eigenvalue weighted by molar-refractivity contribution is 0.102. The first-order valence-corrected chi connectivity index (χ1v) is 7.97. The Kier molecular flexibility index (Phi) is 4.95. The first kappa shape index (κ1) is 16.9. The molecule has 23 heavy (non-hydrogen) atoms. The molecule has 0 aliphatic rings. The van der Waals surface area contributed by atoms with Crippen LogP contribution < -0.4 is 10.1 Å². The average molecular weight is 341 g/mol. The van der Waals surface area contributed by atoms with E-state index in [0.29, 0.717) is 11.4 Å². The Morgan fingerprint density at radius 1 is 1.13 bits per heavy atom. The average Bonchev–Trinajstić information content (AvgIpc) is 2.55. The summed E-state index contributed by atoms with van der Waals surface area (Å²) in [7, 11) is -3.18. The van der Waals surface area contributed by atoms with Crippen molar-refractivity contribution in [3.05, 3.63) is 54.1 Å². The minimum Gasteiger partial charge on any atom is -0.497 e. The zero-order valence-corrected chi connectivity index (χ0v) is 12.8. The molecule has 1 amide bonds. The largest absolute Gasteiger partial charge is 0.497 e. The van der Waals surface area contributed by atoms with Crippen LogP contribution in [0.2, 0.25) is 0 Å². The molecule has 0 unspecified atom stereocenters. The summed E-state index contributed by atoms with van der Waals surface area (Å²) in [5.41, 5.74) is 0.625. The molecule has 2 aromatic carbocycles. The SMILES string of the molecule is COc1cccc(NC(=O)c2ccc(S(=O)(=O)C(F)F)cc2)c1. The van der Waals surface area contributed by atoms with Crippen molar-refractivity contribution in [1.82, 2.24) is 0 Å². The third-order valence-corrected chi connectivity index (χ3v) is 4.41. The number of halogens is 2. The van der Waals surface area contributed by atoms with E-state index in [9.17, 15) is 22.0 Å². The highest BCUT2D eigenvalue weighted by Crippen LogP contribution is 2.20. The number of ether oxygens (including phenoxy) is 1. The lowest BCUT2D eigenvalue weighted by Crippen LogP contribution is -2.14. The molecule has 0 radical (unpaired) electrons. The van der Waals surface area contributed by atoms with Crippen molar-refractivity contribution in [2.75, 3.05) is 12.4 Å². The van der Waals surface area contributed by atoms with Gasteiger partial charge in [0.1, 0.15) is 5.75 Å². The molecular formula is C15H13F2NO4S. The molecule has 0 saturated heterocycles. The molecule has 5 nitrogen and oxygen atoms in total. The second-order valence-corrected chi connectivity index (χ2v) is 6.43. The van der Waals surface area contributed by atoms with Gasteiger partial charge in [-0.25, -0.2) is 8.42 Å². The van der Waals surface area contributed by atoms with Crippen LogP contribution in [0.5, 0.6) is 5.75 Å². The number of amides is 1. The van der Waals surface area contributed by atoms with Crippen molar-refractivity contribution >= 4 is 21.4 Å². The molecule has 0 aromatic heterocycles. The summed E-state index contributed by atoms with van der Waals surface area (Å²) in [6.07, 6.45) is 0.